The molecule has 2 N–H and O–H groups in total. The van der Waals surface area contributed by atoms with E-state index in [0.717, 1.165) is 19.5 Å². The van der Waals surface area contributed by atoms with E-state index in [-0.39, 0.29) is 6.04 Å². The van der Waals surface area contributed by atoms with Crippen molar-refractivity contribution in [2.24, 2.45) is 5.73 Å². The third-order valence-electron chi connectivity index (χ3n) is 4.22. The smallest absolute Gasteiger partial charge is 0.0414 e. The van der Waals surface area contributed by atoms with Gasteiger partial charge in [0.15, 0.2) is 0 Å². The summed E-state index contributed by atoms with van der Waals surface area (Å²) in [5.41, 5.74) is 8.81. The Labute approximate surface area is 123 Å². The topological polar surface area (TPSA) is 32.5 Å². The number of benzene rings is 1. The molecule has 1 fully saturated rings. The normalized spacial score (nSPS) is 22.6. The van der Waals surface area contributed by atoms with Crippen molar-refractivity contribution in [3.63, 3.8) is 0 Å². The maximum atomic E-state index is 6.02. The number of para-hydroxylation sites is 1. The van der Waals surface area contributed by atoms with E-state index in [0.29, 0.717) is 6.04 Å². The van der Waals surface area contributed by atoms with Gasteiger partial charge in [0.2, 0.25) is 0 Å². The lowest BCUT2D eigenvalue weighted by Crippen LogP contribution is -2.40. The van der Waals surface area contributed by atoms with Crippen molar-refractivity contribution in [1.29, 1.82) is 0 Å². The number of anilines is 1. The molecule has 1 aliphatic rings. The van der Waals surface area contributed by atoms with Crippen LogP contribution in [0.2, 0.25) is 0 Å². The van der Waals surface area contributed by atoms with Crippen LogP contribution in [-0.4, -0.2) is 43.7 Å². The summed E-state index contributed by atoms with van der Waals surface area (Å²) < 4.78 is 0. The summed E-state index contributed by atoms with van der Waals surface area (Å²) in [6, 6.07) is 9.61. The summed E-state index contributed by atoms with van der Waals surface area (Å²) in [7, 11) is 2.24. The minimum atomic E-state index is 0.214. The van der Waals surface area contributed by atoms with Gasteiger partial charge in [-0.2, -0.15) is 0 Å². The van der Waals surface area contributed by atoms with Crippen molar-refractivity contribution < 1.29 is 0 Å². The summed E-state index contributed by atoms with van der Waals surface area (Å²) in [4.78, 5) is 5.07. The molecule has 112 valence electrons. The number of hydrogen-bond donors (Lipinski definition) is 1. The molecule has 2 unspecified atom stereocenters. The van der Waals surface area contributed by atoms with Crippen molar-refractivity contribution >= 4 is 5.69 Å². The van der Waals surface area contributed by atoms with Crippen LogP contribution in [0.3, 0.4) is 0 Å². The van der Waals surface area contributed by atoms with E-state index in [1.807, 2.05) is 0 Å². The maximum absolute atomic E-state index is 6.02. The van der Waals surface area contributed by atoms with Crippen LogP contribution >= 0.6 is 0 Å². The number of nitrogens with zero attached hydrogens (tertiary/aromatic N) is 2. The van der Waals surface area contributed by atoms with Crippen molar-refractivity contribution in [2.45, 2.75) is 45.2 Å². The molecule has 0 aliphatic carbocycles. The van der Waals surface area contributed by atoms with Crippen LogP contribution in [0.5, 0.6) is 0 Å². The van der Waals surface area contributed by atoms with E-state index in [2.05, 4.69) is 55.0 Å². The van der Waals surface area contributed by atoms with Crippen molar-refractivity contribution in [1.82, 2.24) is 4.90 Å². The van der Waals surface area contributed by atoms with E-state index in [9.17, 15) is 0 Å². The molecule has 0 aromatic heterocycles. The zero-order chi connectivity index (χ0) is 14.5. The summed E-state index contributed by atoms with van der Waals surface area (Å²) in [6.45, 7) is 7.89. The van der Waals surface area contributed by atoms with Crippen molar-refractivity contribution in [3.8, 4) is 0 Å². The second kappa shape index (κ2) is 7.09. The lowest BCUT2D eigenvalue weighted by Gasteiger charge is -2.34. The molecule has 0 radical (unpaired) electrons. The molecule has 2 atom stereocenters. The number of hydrogen-bond acceptors (Lipinski definition) is 3. The molecule has 0 saturated carbocycles. The summed E-state index contributed by atoms with van der Waals surface area (Å²) in [5, 5.41) is 0. The Morgan fingerprint density at radius 1 is 1.30 bits per heavy atom. The van der Waals surface area contributed by atoms with Crippen LogP contribution < -0.4 is 10.6 Å². The first-order valence-electron chi connectivity index (χ1n) is 7.90. The zero-order valence-corrected chi connectivity index (χ0v) is 13.2. The fourth-order valence-electron chi connectivity index (χ4n) is 3.22. The first-order chi connectivity index (χ1) is 9.61. The monoisotopic (exact) mass is 275 g/mol. The van der Waals surface area contributed by atoms with Crippen LogP contribution in [-0.2, 0) is 6.42 Å². The largest absolute Gasteiger partial charge is 0.367 e. The Morgan fingerprint density at radius 2 is 2.05 bits per heavy atom. The molecule has 0 amide bonds. The standard InChI is InChI=1S/C17H29N3/c1-4-16-13-19(3)10-7-11-20(16)17-9-6-5-8-15(17)12-14(2)18/h5-6,8-9,14,16H,4,7,10-13,18H2,1-3H3. The average Bonchev–Trinajstić information content (AvgIpc) is 2.60. The highest BCUT2D eigenvalue weighted by Crippen LogP contribution is 2.26. The van der Waals surface area contributed by atoms with Gasteiger partial charge in [-0.3, -0.25) is 0 Å². The second-order valence-electron chi connectivity index (χ2n) is 6.18. The highest BCUT2D eigenvalue weighted by molar-refractivity contribution is 5.55. The predicted molar refractivity (Wildman–Crippen MR) is 87.3 cm³/mol. The second-order valence-corrected chi connectivity index (χ2v) is 6.18. The lowest BCUT2D eigenvalue weighted by molar-refractivity contribution is 0.328. The van der Waals surface area contributed by atoms with Gasteiger partial charge >= 0.3 is 0 Å². The first kappa shape index (κ1) is 15.3. The van der Waals surface area contributed by atoms with Crippen molar-refractivity contribution in [3.05, 3.63) is 29.8 Å². The van der Waals surface area contributed by atoms with E-state index in [4.69, 9.17) is 5.73 Å². The minimum absolute atomic E-state index is 0.214. The molecule has 0 bridgehead atoms. The van der Waals surface area contributed by atoms with Crippen LogP contribution in [0.25, 0.3) is 0 Å². The SMILES string of the molecule is CCC1CN(C)CCCN1c1ccccc1CC(C)N. The van der Waals surface area contributed by atoms with Crippen LogP contribution in [0.1, 0.15) is 32.3 Å². The van der Waals surface area contributed by atoms with Gasteiger partial charge in [0.05, 0.1) is 0 Å². The zero-order valence-electron chi connectivity index (χ0n) is 13.2. The molecule has 1 aliphatic heterocycles. The van der Waals surface area contributed by atoms with Gasteiger partial charge in [0, 0.05) is 30.9 Å². The Hall–Kier alpha value is -1.06. The third-order valence-corrected chi connectivity index (χ3v) is 4.22. The van der Waals surface area contributed by atoms with Gasteiger partial charge in [-0.05, 0) is 51.4 Å². The van der Waals surface area contributed by atoms with Gasteiger partial charge < -0.3 is 15.5 Å². The van der Waals surface area contributed by atoms with E-state index in [1.54, 1.807) is 0 Å². The van der Waals surface area contributed by atoms with Crippen LogP contribution in [0.15, 0.2) is 24.3 Å². The van der Waals surface area contributed by atoms with Crippen LogP contribution in [0, 0.1) is 0 Å². The summed E-state index contributed by atoms with van der Waals surface area (Å²) in [5.74, 6) is 0. The molecule has 0 spiro atoms. The molecular weight excluding hydrogens is 246 g/mol. The molecule has 1 heterocycles. The van der Waals surface area contributed by atoms with Gasteiger partial charge in [0.25, 0.3) is 0 Å². The summed E-state index contributed by atoms with van der Waals surface area (Å²) >= 11 is 0. The molecule has 1 saturated heterocycles. The predicted octanol–water partition coefficient (Wildman–Crippen LogP) is 2.50. The average molecular weight is 275 g/mol. The first-order valence-corrected chi connectivity index (χ1v) is 7.90. The molecule has 3 nitrogen and oxygen atoms in total. The van der Waals surface area contributed by atoms with E-state index < -0.39 is 0 Å². The highest BCUT2D eigenvalue weighted by Gasteiger charge is 2.23. The van der Waals surface area contributed by atoms with Gasteiger partial charge in [-0.1, -0.05) is 25.1 Å². The van der Waals surface area contributed by atoms with E-state index >= 15 is 0 Å². The Kier molecular flexibility index (Phi) is 5.44. The molecule has 1 aromatic rings. The molecule has 1 aromatic carbocycles. The maximum Gasteiger partial charge on any atom is 0.0414 e. The van der Waals surface area contributed by atoms with Crippen LogP contribution in [0.4, 0.5) is 5.69 Å². The Morgan fingerprint density at radius 3 is 2.75 bits per heavy atom. The van der Waals surface area contributed by atoms with Gasteiger partial charge in [-0.25, -0.2) is 0 Å². The van der Waals surface area contributed by atoms with Gasteiger partial charge in [0.1, 0.15) is 0 Å². The molecule has 20 heavy (non-hydrogen) atoms. The number of likely N-dealkylation sites (N-methyl/N-ethyl adjacent to an activating group) is 1. The minimum Gasteiger partial charge on any atom is -0.367 e. The summed E-state index contributed by atoms with van der Waals surface area (Å²) in [6.07, 6.45) is 3.38. The fraction of sp³-hybridized carbons (Fsp3) is 0.647. The van der Waals surface area contributed by atoms with E-state index in [1.165, 1.54) is 30.6 Å². The Bertz CT molecular complexity index is 416. The molecule has 2 rings (SSSR count). The number of rotatable bonds is 4. The van der Waals surface area contributed by atoms with Crippen molar-refractivity contribution in [2.75, 3.05) is 31.6 Å². The fourth-order valence-corrected chi connectivity index (χ4v) is 3.22. The van der Waals surface area contributed by atoms with Gasteiger partial charge in [-0.15, -0.1) is 0 Å². The molecular formula is C17H29N3. The quantitative estimate of drug-likeness (QED) is 0.916. The lowest BCUT2D eigenvalue weighted by atomic mass is 10.0. The Balaban J connectivity index is 2.27. The number of nitrogens with two attached hydrogens (primary N) is 1. The highest BCUT2D eigenvalue weighted by atomic mass is 15.2. The third kappa shape index (κ3) is 3.74. The molecule has 3 heteroatoms.